The van der Waals surface area contributed by atoms with Gasteiger partial charge in [0, 0.05) is 18.7 Å². The molecule has 4 heteroatoms. The molecule has 1 aliphatic rings. The highest BCUT2D eigenvalue weighted by molar-refractivity contribution is 6.43. The lowest BCUT2D eigenvalue weighted by atomic mass is 9.96. The van der Waals surface area contributed by atoms with Crippen LogP contribution in [-0.4, -0.2) is 28.9 Å². The molecule has 1 aliphatic heterocycles. The molecule has 0 aromatic heterocycles. The van der Waals surface area contributed by atoms with Gasteiger partial charge < -0.3 is 4.90 Å². The summed E-state index contributed by atoms with van der Waals surface area (Å²) in [6.45, 7) is 0.504. The first-order chi connectivity index (χ1) is 10.7. The van der Waals surface area contributed by atoms with Crippen molar-refractivity contribution < 1.29 is 14.4 Å². The van der Waals surface area contributed by atoms with Crippen LogP contribution in [0.4, 0.5) is 0 Å². The van der Waals surface area contributed by atoms with Crippen LogP contribution >= 0.6 is 0 Å². The molecule has 0 N–H and O–H groups in total. The van der Waals surface area contributed by atoms with E-state index in [0.717, 1.165) is 5.56 Å². The molecule has 3 rings (SSSR count). The van der Waals surface area contributed by atoms with Crippen molar-refractivity contribution in [3.8, 4) is 0 Å². The molecule has 110 valence electrons. The quantitative estimate of drug-likeness (QED) is 0.493. The number of hydrogen-bond donors (Lipinski definition) is 0. The van der Waals surface area contributed by atoms with E-state index in [0.29, 0.717) is 12.1 Å². The fraction of sp³-hybridized carbons (Fsp3) is 0.167. The molecule has 0 spiro atoms. The van der Waals surface area contributed by atoms with Crippen LogP contribution in [0.2, 0.25) is 0 Å². The Labute approximate surface area is 128 Å². The Hall–Kier alpha value is -2.75. The number of amides is 1. The average Bonchev–Trinajstić information content (AvgIpc) is 2.84. The van der Waals surface area contributed by atoms with Crippen LogP contribution < -0.4 is 0 Å². The molecular weight excluding hydrogens is 278 g/mol. The number of likely N-dealkylation sites (tertiary alicyclic amines) is 1. The molecule has 0 unspecified atom stereocenters. The lowest BCUT2D eigenvalue weighted by Crippen LogP contribution is -2.26. The summed E-state index contributed by atoms with van der Waals surface area (Å²) >= 11 is 0. The molecule has 2 aromatic carbocycles. The van der Waals surface area contributed by atoms with Gasteiger partial charge in [-0.1, -0.05) is 60.7 Å². The monoisotopic (exact) mass is 293 g/mol. The number of benzene rings is 2. The molecular formula is C18H15NO3. The number of carbonyl (C=O) groups is 3. The predicted molar refractivity (Wildman–Crippen MR) is 81.1 cm³/mol. The number of rotatable bonds is 4. The lowest BCUT2D eigenvalue weighted by Gasteiger charge is -2.15. The minimum Gasteiger partial charge on any atom is -0.331 e. The van der Waals surface area contributed by atoms with Gasteiger partial charge in [-0.3, -0.25) is 14.4 Å². The summed E-state index contributed by atoms with van der Waals surface area (Å²) in [6.07, 6.45) is 0. The minimum atomic E-state index is -0.890. The Morgan fingerprint density at radius 2 is 1.55 bits per heavy atom. The molecule has 0 aliphatic carbocycles. The highest BCUT2D eigenvalue weighted by atomic mass is 16.2. The summed E-state index contributed by atoms with van der Waals surface area (Å²) in [4.78, 5) is 38.0. The smallest absolute Gasteiger partial charge is 0.291 e. The zero-order chi connectivity index (χ0) is 15.5. The number of Topliss-reactive ketones (excluding diaryl/α,β-unsaturated/α-hetero) is 2. The zero-order valence-corrected chi connectivity index (χ0v) is 11.9. The summed E-state index contributed by atoms with van der Waals surface area (Å²) < 4.78 is 0. The number of carbonyl (C=O) groups excluding carboxylic acids is 3. The summed E-state index contributed by atoms with van der Waals surface area (Å²) in [5.41, 5.74) is 1.41. The Morgan fingerprint density at radius 3 is 2.18 bits per heavy atom. The highest BCUT2D eigenvalue weighted by Gasteiger charge is 2.42. The van der Waals surface area contributed by atoms with Crippen molar-refractivity contribution in [3.63, 3.8) is 0 Å². The van der Waals surface area contributed by atoms with Crippen LogP contribution in [-0.2, 0) is 16.1 Å². The predicted octanol–water partition coefficient (Wildman–Crippen LogP) is 2.10. The van der Waals surface area contributed by atoms with E-state index >= 15 is 0 Å². The van der Waals surface area contributed by atoms with E-state index in [2.05, 4.69) is 0 Å². The Balaban J connectivity index is 1.77. The third kappa shape index (κ3) is 2.68. The first-order valence-corrected chi connectivity index (χ1v) is 7.13. The molecule has 0 bridgehead atoms. The van der Waals surface area contributed by atoms with Gasteiger partial charge in [0.05, 0.1) is 0 Å². The van der Waals surface area contributed by atoms with Gasteiger partial charge in [0.15, 0.2) is 5.78 Å². The van der Waals surface area contributed by atoms with Crippen LogP contribution in [0.5, 0.6) is 0 Å². The van der Waals surface area contributed by atoms with Crippen LogP contribution in [0.15, 0.2) is 60.7 Å². The summed E-state index contributed by atoms with van der Waals surface area (Å²) in [5.74, 6) is -2.35. The minimum absolute atomic E-state index is 0.153. The van der Waals surface area contributed by atoms with Gasteiger partial charge in [0.2, 0.25) is 5.78 Å². The fourth-order valence-electron chi connectivity index (χ4n) is 2.64. The van der Waals surface area contributed by atoms with Crippen LogP contribution in [0.1, 0.15) is 15.9 Å². The van der Waals surface area contributed by atoms with Crippen LogP contribution in [0, 0.1) is 5.92 Å². The standard InChI is InChI=1S/C18H15NO3/c20-16(14-9-5-2-6-10-14)15-12-19(18(22)17(15)21)11-13-7-3-1-4-8-13/h1-10,15H,11-12H2/t15-/m0/s1. The van der Waals surface area contributed by atoms with Crippen molar-refractivity contribution in [3.05, 3.63) is 71.8 Å². The molecule has 1 fully saturated rings. The van der Waals surface area contributed by atoms with E-state index < -0.39 is 17.6 Å². The maximum atomic E-state index is 12.4. The van der Waals surface area contributed by atoms with Crippen LogP contribution in [0.25, 0.3) is 0 Å². The Bertz CT molecular complexity index is 710. The molecule has 1 amide bonds. The van der Waals surface area contributed by atoms with Crippen molar-refractivity contribution >= 4 is 17.5 Å². The molecule has 0 radical (unpaired) electrons. The van der Waals surface area contributed by atoms with E-state index in [-0.39, 0.29) is 12.3 Å². The van der Waals surface area contributed by atoms with Gasteiger partial charge in [0.1, 0.15) is 5.92 Å². The highest BCUT2D eigenvalue weighted by Crippen LogP contribution is 2.21. The maximum Gasteiger partial charge on any atom is 0.291 e. The molecule has 4 nitrogen and oxygen atoms in total. The van der Waals surface area contributed by atoms with Crippen molar-refractivity contribution in [1.29, 1.82) is 0 Å². The molecule has 2 aromatic rings. The maximum absolute atomic E-state index is 12.4. The van der Waals surface area contributed by atoms with Gasteiger partial charge in [-0.25, -0.2) is 0 Å². The third-order valence-electron chi connectivity index (χ3n) is 3.81. The fourth-order valence-corrected chi connectivity index (χ4v) is 2.64. The van der Waals surface area contributed by atoms with E-state index in [1.165, 1.54) is 4.90 Å². The Morgan fingerprint density at radius 1 is 0.955 bits per heavy atom. The Kier molecular flexibility index (Phi) is 3.83. The van der Waals surface area contributed by atoms with Gasteiger partial charge in [0.25, 0.3) is 5.91 Å². The SMILES string of the molecule is O=C1C(=O)N(Cc2ccccc2)C[C@H]1C(=O)c1ccccc1. The number of hydrogen-bond acceptors (Lipinski definition) is 3. The first-order valence-electron chi connectivity index (χ1n) is 7.13. The average molecular weight is 293 g/mol. The second-order valence-corrected chi connectivity index (χ2v) is 5.32. The van der Waals surface area contributed by atoms with E-state index in [4.69, 9.17) is 0 Å². The van der Waals surface area contributed by atoms with E-state index in [9.17, 15) is 14.4 Å². The summed E-state index contributed by atoms with van der Waals surface area (Å²) in [5, 5.41) is 0. The summed E-state index contributed by atoms with van der Waals surface area (Å²) in [7, 11) is 0. The van der Waals surface area contributed by atoms with Crippen LogP contribution in [0.3, 0.4) is 0 Å². The largest absolute Gasteiger partial charge is 0.331 e. The number of nitrogens with zero attached hydrogens (tertiary/aromatic N) is 1. The summed E-state index contributed by atoms with van der Waals surface area (Å²) in [6, 6.07) is 18.1. The third-order valence-corrected chi connectivity index (χ3v) is 3.81. The van der Waals surface area contributed by atoms with Gasteiger partial charge in [-0.2, -0.15) is 0 Å². The number of ketones is 2. The lowest BCUT2D eigenvalue weighted by molar-refractivity contribution is -0.140. The van der Waals surface area contributed by atoms with Crippen molar-refractivity contribution in [2.75, 3.05) is 6.54 Å². The van der Waals surface area contributed by atoms with Gasteiger partial charge >= 0.3 is 0 Å². The second kappa shape index (κ2) is 5.93. The topological polar surface area (TPSA) is 54.5 Å². The van der Waals surface area contributed by atoms with Crippen molar-refractivity contribution in [1.82, 2.24) is 4.90 Å². The zero-order valence-electron chi connectivity index (χ0n) is 11.9. The van der Waals surface area contributed by atoms with Gasteiger partial charge in [-0.15, -0.1) is 0 Å². The molecule has 1 saturated heterocycles. The van der Waals surface area contributed by atoms with Gasteiger partial charge in [-0.05, 0) is 5.56 Å². The van der Waals surface area contributed by atoms with Crippen molar-refractivity contribution in [2.45, 2.75) is 6.54 Å². The molecule has 22 heavy (non-hydrogen) atoms. The second-order valence-electron chi connectivity index (χ2n) is 5.32. The molecule has 0 saturated carbocycles. The van der Waals surface area contributed by atoms with Crippen molar-refractivity contribution in [2.24, 2.45) is 5.92 Å². The van der Waals surface area contributed by atoms with E-state index in [1.807, 2.05) is 30.3 Å². The molecule has 1 atom stereocenters. The normalized spacial score (nSPS) is 17.8. The molecule has 1 heterocycles. The first kappa shape index (κ1) is 14.2. The van der Waals surface area contributed by atoms with E-state index in [1.54, 1.807) is 30.3 Å².